The van der Waals surface area contributed by atoms with Gasteiger partial charge in [-0.25, -0.2) is 4.98 Å². The molecule has 0 bridgehead atoms. The Balaban J connectivity index is 1.53. The second-order valence-electron chi connectivity index (χ2n) is 6.97. The summed E-state index contributed by atoms with van der Waals surface area (Å²) in [6.07, 6.45) is 5.51. The fourth-order valence-electron chi connectivity index (χ4n) is 2.63. The van der Waals surface area contributed by atoms with Crippen LogP contribution in [0.5, 0.6) is 5.75 Å². The smallest absolute Gasteiger partial charge is 0.251 e. The Bertz CT molecular complexity index is 856. The zero-order valence-electron chi connectivity index (χ0n) is 15.8. The highest BCUT2D eigenvalue weighted by Gasteiger charge is 2.07. The van der Waals surface area contributed by atoms with Crippen molar-refractivity contribution >= 4 is 5.91 Å². The van der Waals surface area contributed by atoms with Gasteiger partial charge in [0.1, 0.15) is 5.75 Å². The van der Waals surface area contributed by atoms with Gasteiger partial charge in [-0.1, -0.05) is 44.2 Å². The number of nitrogens with zero attached hydrogens (tertiary/aromatic N) is 2. The number of nitrogens with one attached hydrogen (secondary N) is 1. The van der Waals surface area contributed by atoms with E-state index in [4.69, 9.17) is 4.74 Å². The van der Waals surface area contributed by atoms with Gasteiger partial charge in [0.2, 0.25) is 0 Å². The number of hydrogen-bond donors (Lipinski definition) is 1. The standard InChI is InChI=1S/C22H25N3O2/c1-17(2)15-27-21-5-3-4-20(12-21)22(26)24-13-18-6-8-19(9-7-18)14-25-11-10-23-16-25/h3-12,16-17H,13-15H2,1-2H3,(H,24,26). The van der Waals surface area contributed by atoms with Gasteiger partial charge in [0.05, 0.1) is 12.9 Å². The molecule has 1 aromatic heterocycles. The molecular formula is C22H25N3O2. The third-order valence-electron chi connectivity index (χ3n) is 4.08. The minimum Gasteiger partial charge on any atom is -0.493 e. The third kappa shape index (κ3) is 5.71. The second-order valence-corrected chi connectivity index (χ2v) is 6.97. The monoisotopic (exact) mass is 363 g/mol. The Morgan fingerprint density at radius 2 is 1.93 bits per heavy atom. The Kier molecular flexibility index (Phi) is 6.26. The first-order valence-electron chi connectivity index (χ1n) is 9.15. The van der Waals surface area contributed by atoms with E-state index in [0.717, 1.165) is 17.9 Å². The van der Waals surface area contributed by atoms with Gasteiger partial charge >= 0.3 is 0 Å². The van der Waals surface area contributed by atoms with Crippen LogP contribution < -0.4 is 10.1 Å². The lowest BCUT2D eigenvalue weighted by Gasteiger charge is -2.10. The SMILES string of the molecule is CC(C)COc1cccc(C(=O)NCc2ccc(Cn3ccnc3)cc2)c1. The molecule has 0 atom stereocenters. The number of amides is 1. The van der Waals surface area contributed by atoms with E-state index in [0.29, 0.717) is 24.6 Å². The number of carbonyl (C=O) groups excluding carboxylic acids is 1. The molecular weight excluding hydrogens is 338 g/mol. The topological polar surface area (TPSA) is 56.1 Å². The summed E-state index contributed by atoms with van der Waals surface area (Å²) in [7, 11) is 0. The van der Waals surface area contributed by atoms with E-state index in [2.05, 4.69) is 36.3 Å². The molecule has 27 heavy (non-hydrogen) atoms. The lowest BCUT2D eigenvalue weighted by molar-refractivity contribution is 0.0950. The van der Waals surface area contributed by atoms with E-state index in [1.54, 1.807) is 24.7 Å². The largest absolute Gasteiger partial charge is 0.493 e. The van der Waals surface area contributed by atoms with Crippen molar-refractivity contribution in [1.82, 2.24) is 14.9 Å². The predicted octanol–water partition coefficient (Wildman–Crippen LogP) is 3.90. The van der Waals surface area contributed by atoms with Gasteiger partial charge in [-0.3, -0.25) is 4.79 Å². The van der Waals surface area contributed by atoms with Crippen LogP contribution in [-0.2, 0) is 13.1 Å². The van der Waals surface area contributed by atoms with E-state index in [-0.39, 0.29) is 5.91 Å². The highest BCUT2D eigenvalue weighted by Crippen LogP contribution is 2.14. The van der Waals surface area contributed by atoms with Crippen LogP contribution in [0, 0.1) is 5.92 Å². The normalized spacial score (nSPS) is 10.8. The summed E-state index contributed by atoms with van der Waals surface area (Å²) in [5, 5.41) is 2.96. The number of rotatable bonds is 8. The van der Waals surface area contributed by atoms with Gasteiger partial charge in [0, 0.05) is 31.0 Å². The van der Waals surface area contributed by atoms with Crippen molar-refractivity contribution in [3.63, 3.8) is 0 Å². The van der Waals surface area contributed by atoms with Crippen molar-refractivity contribution in [2.24, 2.45) is 5.92 Å². The Labute approximate surface area is 160 Å². The van der Waals surface area contributed by atoms with Crippen molar-refractivity contribution in [2.75, 3.05) is 6.61 Å². The van der Waals surface area contributed by atoms with Crippen molar-refractivity contribution in [3.8, 4) is 5.75 Å². The zero-order chi connectivity index (χ0) is 19.1. The number of aromatic nitrogens is 2. The first-order chi connectivity index (χ1) is 13.1. The van der Waals surface area contributed by atoms with E-state index < -0.39 is 0 Å². The molecule has 0 unspecified atom stereocenters. The van der Waals surface area contributed by atoms with Gasteiger partial charge in [-0.2, -0.15) is 0 Å². The highest BCUT2D eigenvalue weighted by molar-refractivity contribution is 5.94. The fourth-order valence-corrected chi connectivity index (χ4v) is 2.63. The second kappa shape index (κ2) is 9.03. The molecule has 0 saturated heterocycles. The number of imidazole rings is 1. The van der Waals surface area contributed by atoms with Gasteiger partial charge in [-0.05, 0) is 35.2 Å². The molecule has 0 saturated carbocycles. The summed E-state index contributed by atoms with van der Waals surface area (Å²) in [6.45, 7) is 6.10. The number of benzene rings is 2. The third-order valence-corrected chi connectivity index (χ3v) is 4.08. The molecule has 3 rings (SSSR count). The molecule has 1 N–H and O–H groups in total. The van der Waals surface area contributed by atoms with Gasteiger partial charge in [-0.15, -0.1) is 0 Å². The molecule has 0 spiro atoms. The molecule has 0 fully saturated rings. The van der Waals surface area contributed by atoms with Crippen LogP contribution in [-0.4, -0.2) is 22.1 Å². The van der Waals surface area contributed by atoms with Crippen LogP contribution in [0.1, 0.15) is 35.3 Å². The Morgan fingerprint density at radius 1 is 1.15 bits per heavy atom. The summed E-state index contributed by atoms with van der Waals surface area (Å²) in [5.74, 6) is 1.06. The molecule has 5 heteroatoms. The van der Waals surface area contributed by atoms with Crippen LogP contribution in [0.3, 0.4) is 0 Å². The molecule has 0 aliphatic rings. The molecule has 5 nitrogen and oxygen atoms in total. The summed E-state index contributed by atoms with van der Waals surface area (Å²) in [4.78, 5) is 16.5. The maximum absolute atomic E-state index is 12.4. The number of hydrogen-bond acceptors (Lipinski definition) is 3. The highest BCUT2D eigenvalue weighted by atomic mass is 16.5. The van der Waals surface area contributed by atoms with Crippen LogP contribution in [0.25, 0.3) is 0 Å². The van der Waals surface area contributed by atoms with E-state index >= 15 is 0 Å². The Hall–Kier alpha value is -3.08. The molecule has 3 aromatic rings. The first kappa shape index (κ1) is 18.7. The first-order valence-corrected chi connectivity index (χ1v) is 9.15. The van der Waals surface area contributed by atoms with Gasteiger partial charge in [0.15, 0.2) is 0 Å². The minimum absolute atomic E-state index is 0.104. The summed E-state index contributed by atoms with van der Waals surface area (Å²) in [6, 6.07) is 15.5. The predicted molar refractivity (Wildman–Crippen MR) is 106 cm³/mol. The molecule has 0 radical (unpaired) electrons. The fraction of sp³-hybridized carbons (Fsp3) is 0.273. The lowest BCUT2D eigenvalue weighted by Crippen LogP contribution is -2.22. The van der Waals surface area contributed by atoms with E-state index in [1.165, 1.54) is 5.56 Å². The van der Waals surface area contributed by atoms with Crippen molar-refractivity contribution in [3.05, 3.63) is 83.9 Å². The quantitative estimate of drug-likeness (QED) is 0.660. The molecule has 1 heterocycles. The summed E-state index contributed by atoms with van der Waals surface area (Å²) >= 11 is 0. The van der Waals surface area contributed by atoms with Crippen molar-refractivity contribution in [2.45, 2.75) is 26.9 Å². The van der Waals surface area contributed by atoms with Gasteiger partial charge < -0.3 is 14.6 Å². The maximum Gasteiger partial charge on any atom is 0.251 e. The molecule has 0 aliphatic heterocycles. The van der Waals surface area contributed by atoms with Gasteiger partial charge in [0.25, 0.3) is 5.91 Å². The molecule has 0 aliphatic carbocycles. The average molecular weight is 363 g/mol. The van der Waals surface area contributed by atoms with Crippen LogP contribution in [0.2, 0.25) is 0 Å². The Morgan fingerprint density at radius 3 is 2.63 bits per heavy atom. The lowest BCUT2D eigenvalue weighted by atomic mass is 10.1. The zero-order valence-corrected chi connectivity index (χ0v) is 15.8. The molecule has 2 aromatic carbocycles. The molecule has 140 valence electrons. The van der Waals surface area contributed by atoms with Crippen molar-refractivity contribution < 1.29 is 9.53 Å². The van der Waals surface area contributed by atoms with E-state index in [9.17, 15) is 4.79 Å². The minimum atomic E-state index is -0.104. The number of ether oxygens (including phenoxy) is 1. The van der Waals surface area contributed by atoms with E-state index in [1.807, 2.05) is 35.0 Å². The van der Waals surface area contributed by atoms with Crippen LogP contribution in [0.15, 0.2) is 67.3 Å². The maximum atomic E-state index is 12.4. The number of carbonyl (C=O) groups is 1. The summed E-state index contributed by atoms with van der Waals surface area (Å²) < 4.78 is 7.71. The van der Waals surface area contributed by atoms with Crippen LogP contribution >= 0.6 is 0 Å². The summed E-state index contributed by atoms with van der Waals surface area (Å²) in [5.41, 5.74) is 2.86. The molecule has 1 amide bonds. The average Bonchev–Trinajstić information content (AvgIpc) is 3.19. The van der Waals surface area contributed by atoms with Crippen molar-refractivity contribution in [1.29, 1.82) is 0 Å². The van der Waals surface area contributed by atoms with Crippen LogP contribution in [0.4, 0.5) is 0 Å².